The van der Waals surface area contributed by atoms with Crippen LogP contribution in [-0.4, -0.2) is 9.97 Å². The van der Waals surface area contributed by atoms with Crippen LogP contribution in [0.1, 0.15) is 0 Å². The van der Waals surface area contributed by atoms with E-state index >= 15 is 0 Å². The fraction of sp³-hybridized carbons (Fsp3) is 0. The molecular weight excluding hydrogens is 749 g/mol. The third kappa shape index (κ3) is 5.80. The fourth-order valence-electron chi connectivity index (χ4n) is 9.96. The lowest BCUT2D eigenvalue weighted by atomic mass is 9.80. The van der Waals surface area contributed by atoms with Crippen LogP contribution in [0, 0.1) is 0 Å². The molecular formula is C60H40N2. The molecule has 0 unspecified atom stereocenters. The second-order valence-electron chi connectivity index (χ2n) is 16.1. The van der Waals surface area contributed by atoms with E-state index in [-0.39, 0.29) is 0 Å². The highest BCUT2D eigenvalue weighted by Gasteiger charge is 2.24. The lowest BCUT2D eigenvalue weighted by Gasteiger charge is -2.23. The Kier molecular flexibility index (Phi) is 8.53. The maximum Gasteiger partial charge on any atom is 0.0471 e. The van der Waals surface area contributed by atoms with E-state index in [4.69, 9.17) is 0 Å². The summed E-state index contributed by atoms with van der Waals surface area (Å²) in [5, 5.41) is 4.93. The predicted molar refractivity (Wildman–Crippen MR) is 263 cm³/mol. The van der Waals surface area contributed by atoms with Crippen molar-refractivity contribution >= 4 is 43.6 Å². The normalized spacial score (nSPS) is 11.5. The van der Waals surface area contributed by atoms with E-state index in [1.54, 1.807) is 0 Å². The number of H-pyrrole nitrogens is 2. The topological polar surface area (TPSA) is 31.6 Å². The number of benzene rings is 10. The summed E-state index contributed by atoms with van der Waals surface area (Å²) in [5.74, 6) is 0. The van der Waals surface area contributed by atoms with Crippen LogP contribution in [0.4, 0.5) is 0 Å². The Balaban J connectivity index is 1.16. The molecule has 2 heterocycles. The number of rotatable bonds is 7. The fourth-order valence-corrected chi connectivity index (χ4v) is 9.96. The highest BCUT2D eigenvalue weighted by molar-refractivity contribution is 6.20. The molecule has 0 bridgehead atoms. The maximum absolute atomic E-state index is 3.73. The Morgan fingerprint density at radius 2 is 0.548 bits per heavy atom. The van der Waals surface area contributed by atoms with Crippen LogP contribution in [0.5, 0.6) is 0 Å². The first-order chi connectivity index (χ1) is 30.8. The Labute approximate surface area is 360 Å². The summed E-state index contributed by atoms with van der Waals surface area (Å²) in [6.45, 7) is 0. The van der Waals surface area contributed by atoms with Gasteiger partial charge < -0.3 is 9.97 Å². The molecule has 290 valence electrons. The Hall–Kier alpha value is -8.20. The van der Waals surface area contributed by atoms with Gasteiger partial charge >= 0.3 is 0 Å². The van der Waals surface area contributed by atoms with Gasteiger partial charge in [-0.15, -0.1) is 0 Å². The van der Waals surface area contributed by atoms with Gasteiger partial charge in [-0.3, -0.25) is 0 Å². The first kappa shape index (κ1) is 35.7. The van der Waals surface area contributed by atoms with Gasteiger partial charge in [-0.25, -0.2) is 0 Å². The molecule has 0 spiro atoms. The molecule has 12 aromatic rings. The minimum Gasteiger partial charge on any atom is -0.354 e. The highest BCUT2D eigenvalue weighted by atomic mass is 14.7. The third-order valence-corrected chi connectivity index (χ3v) is 12.6. The molecule has 2 nitrogen and oxygen atoms in total. The van der Waals surface area contributed by atoms with Gasteiger partial charge in [0.25, 0.3) is 0 Å². The number of hydrogen-bond donors (Lipinski definition) is 2. The molecule has 12 rings (SSSR count). The van der Waals surface area contributed by atoms with Gasteiger partial charge in [0.15, 0.2) is 0 Å². The number of nitrogens with one attached hydrogen (secondary N) is 2. The molecule has 0 amide bonds. The van der Waals surface area contributed by atoms with Crippen molar-refractivity contribution < 1.29 is 0 Å². The van der Waals surface area contributed by atoms with Crippen molar-refractivity contribution in [2.24, 2.45) is 0 Å². The van der Waals surface area contributed by atoms with Gasteiger partial charge in [0.05, 0.1) is 0 Å². The summed E-state index contributed by atoms with van der Waals surface area (Å²) in [7, 11) is 0. The second kappa shape index (κ2) is 14.8. The zero-order valence-electron chi connectivity index (χ0n) is 33.9. The monoisotopic (exact) mass is 788 g/mol. The van der Waals surface area contributed by atoms with Crippen LogP contribution < -0.4 is 0 Å². The molecule has 0 radical (unpaired) electrons. The van der Waals surface area contributed by atoms with E-state index in [9.17, 15) is 0 Å². The van der Waals surface area contributed by atoms with Crippen molar-refractivity contribution in [3.63, 3.8) is 0 Å². The van der Waals surface area contributed by atoms with Gasteiger partial charge in [-0.1, -0.05) is 206 Å². The highest BCUT2D eigenvalue weighted by Crippen LogP contribution is 2.51. The lowest BCUT2D eigenvalue weighted by Crippen LogP contribution is -1.96. The lowest BCUT2D eigenvalue weighted by molar-refractivity contribution is 1.52. The molecule has 0 atom stereocenters. The van der Waals surface area contributed by atoms with Gasteiger partial charge in [-0.05, 0) is 102 Å². The molecule has 0 aliphatic rings. The van der Waals surface area contributed by atoms with Crippen molar-refractivity contribution in [2.45, 2.75) is 0 Å². The van der Waals surface area contributed by atoms with Gasteiger partial charge in [0, 0.05) is 43.6 Å². The van der Waals surface area contributed by atoms with Crippen LogP contribution in [0.3, 0.4) is 0 Å². The zero-order valence-corrected chi connectivity index (χ0v) is 33.9. The second-order valence-corrected chi connectivity index (χ2v) is 16.1. The number of fused-ring (bicyclic) bond motifs is 6. The average molecular weight is 789 g/mol. The molecule has 2 heteroatoms. The van der Waals surface area contributed by atoms with E-state index in [1.165, 1.54) is 99.4 Å². The van der Waals surface area contributed by atoms with E-state index in [0.29, 0.717) is 0 Å². The number of hydrogen-bond acceptors (Lipinski definition) is 0. The molecule has 0 aliphatic carbocycles. The van der Waals surface area contributed by atoms with Crippen molar-refractivity contribution in [3.05, 3.63) is 231 Å². The van der Waals surface area contributed by atoms with Crippen LogP contribution in [0.15, 0.2) is 231 Å². The largest absolute Gasteiger partial charge is 0.354 e. The standard InChI is InChI=1S/C60H40N2/c1-4-19-39(20-5-1)42-31-18-32-47(43-25-10-11-26-44(43)48-35-37-54-59(50-29-14-16-33-52(50)61-54)56(48)40-21-6-2-7-22-40)58(42)46-28-13-12-27-45(46)49-36-38-55-60(51-30-15-17-34-53(51)62-55)57(49)41-23-8-3-9-24-41/h1-38,61-62H. The molecule has 0 fully saturated rings. The molecule has 62 heavy (non-hydrogen) atoms. The molecule has 2 N–H and O–H groups in total. The smallest absolute Gasteiger partial charge is 0.0471 e. The number of aromatic nitrogens is 2. The van der Waals surface area contributed by atoms with Gasteiger partial charge in [-0.2, -0.15) is 0 Å². The maximum atomic E-state index is 3.73. The Morgan fingerprint density at radius 3 is 1.05 bits per heavy atom. The van der Waals surface area contributed by atoms with Crippen LogP contribution in [0.2, 0.25) is 0 Å². The zero-order chi connectivity index (χ0) is 41.0. The third-order valence-electron chi connectivity index (χ3n) is 12.6. The number of aromatic amines is 2. The van der Waals surface area contributed by atoms with Crippen LogP contribution in [-0.2, 0) is 0 Å². The van der Waals surface area contributed by atoms with Gasteiger partial charge in [0.1, 0.15) is 0 Å². The summed E-state index contributed by atoms with van der Waals surface area (Å²) in [6.07, 6.45) is 0. The molecule has 2 aromatic heterocycles. The summed E-state index contributed by atoms with van der Waals surface area (Å²) in [6, 6.07) is 84.0. The number of para-hydroxylation sites is 2. The minimum atomic E-state index is 1.13. The minimum absolute atomic E-state index is 1.13. The van der Waals surface area contributed by atoms with Crippen molar-refractivity contribution in [1.29, 1.82) is 0 Å². The SMILES string of the molecule is c1ccc(-c2cccc(-c3ccccc3-c3ccc4[nH]c5ccccc5c4c3-c3ccccc3)c2-c2ccccc2-c2ccc3[nH]c4ccccc4c3c2-c2ccccc2)cc1. The quantitative estimate of drug-likeness (QED) is 0.161. The van der Waals surface area contributed by atoms with Crippen molar-refractivity contribution in [2.75, 3.05) is 0 Å². The van der Waals surface area contributed by atoms with E-state index in [0.717, 1.165) is 22.1 Å². The van der Waals surface area contributed by atoms with E-state index < -0.39 is 0 Å². The Morgan fingerprint density at radius 1 is 0.194 bits per heavy atom. The first-order valence-corrected chi connectivity index (χ1v) is 21.4. The summed E-state index contributed by atoms with van der Waals surface area (Å²) in [5.41, 5.74) is 21.3. The van der Waals surface area contributed by atoms with Crippen LogP contribution >= 0.6 is 0 Å². The Bertz CT molecular complexity index is 3610. The molecule has 0 saturated heterocycles. The summed E-state index contributed by atoms with van der Waals surface area (Å²) >= 11 is 0. The van der Waals surface area contributed by atoms with Gasteiger partial charge in [0.2, 0.25) is 0 Å². The molecule has 0 aliphatic heterocycles. The average Bonchev–Trinajstić information content (AvgIpc) is 3.93. The molecule has 10 aromatic carbocycles. The summed E-state index contributed by atoms with van der Waals surface area (Å²) < 4.78 is 0. The van der Waals surface area contributed by atoms with Crippen molar-refractivity contribution in [1.82, 2.24) is 9.97 Å². The predicted octanol–water partition coefficient (Wildman–Crippen LogP) is 16.6. The van der Waals surface area contributed by atoms with Crippen LogP contribution in [0.25, 0.3) is 122 Å². The molecule has 0 saturated carbocycles. The first-order valence-electron chi connectivity index (χ1n) is 21.4. The van der Waals surface area contributed by atoms with Crippen molar-refractivity contribution in [3.8, 4) is 77.9 Å². The van der Waals surface area contributed by atoms with E-state index in [2.05, 4.69) is 240 Å². The van der Waals surface area contributed by atoms with E-state index in [1.807, 2.05) is 0 Å². The summed E-state index contributed by atoms with van der Waals surface area (Å²) in [4.78, 5) is 7.45.